The first-order valence-electron chi connectivity index (χ1n) is 16.5. The number of aliphatic hydroxyl groups excluding tert-OH is 1. The Hall–Kier alpha value is -4.13. The Morgan fingerprint density at radius 3 is 1.90 bits per heavy atom. The standard InChI is InChI=1S/C36H53N5O7/c1-9-13-27(42)19-28(43)39-29(20(2)3)33(44)40-30(21(4)5)36(47)48-32-26(18-25-14-11-10-12-15-25)17-16-22(6)31(32)41(34(45)23(7)37)35(46)24(8)38/h10-12,14-17,20-21,23-24,27,29-30,42H,9,13,18-19,37-38H2,1-8H3,(H,39,43)(H,40,44)/t23-,24-,27?,29-,30-/m0/s1. The number of rotatable bonds is 16. The largest absolute Gasteiger partial charge is 0.422 e. The molecule has 2 aromatic rings. The van der Waals surface area contributed by atoms with Crippen LogP contribution in [0, 0.1) is 18.8 Å². The Morgan fingerprint density at radius 1 is 0.833 bits per heavy atom. The van der Waals surface area contributed by atoms with Crippen molar-refractivity contribution in [2.45, 2.75) is 111 Å². The second-order valence-electron chi connectivity index (χ2n) is 13.1. The van der Waals surface area contributed by atoms with Crippen LogP contribution < -0.4 is 31.7 Å². The Morgan fingerprint density at radius 2 is 1.40 bits per heavy atom. The molecule has 12 heteroatoms. The number of hydrogen-bond donors (Lipinski definition) is 5. The second kappa shape index (κ2) is 18.4. The lowest BCUT2D eigenvalue weighted by atomic mass is 9.98. The van der Waals surface area contributed by atoms with Crippen LogP contribution in [0.2, 0.25) is 0 Å². The molecule has 7 N–H and O–H groups in total. The lowest BCUT2D eigenvalue weighted by molar-refractivity contribution is -0.141. The fourth-order valence-electron chi connectivity index (χ4n) is 5.12. The van der Waals surface area contributed by atoms with Gasteiger partial charge in [0.05, 0.1) is 30.3 Å². The summed E-state index contributed by atoms with van der Waals surface area (Å²) in [7, 11) is 0. The molecule has 0 fully saturated rings. The van der Waals surface area contributed by atoms with Crippen molar-refractivity contribution in [3.05, 3.63) is 59.2 Å². The lowest BCUT2D eigenvalue weighted by Crippen LogP contribution is -2.56. The Kier molecular flexibility index (Phi) is 15.4. The molecule has 0 radical (unpaired) electrons. The highest BCUT2D eigenvalue weighted by molar-refractivity contribution is 6.19. The highest BCUT2D eigenvalue weighted by Gasteiger charge is 2.36. The number of carbonyl (C=O) groups excluding carboxylic acids is 5. The smallest absolute Gasteiger partial charge is 0.334 e. The molecule has 2 aromatic carbocycles. The average molecular weight is 668 g/mol. The van der Waals surface area contributed by atoms with E-state index in [4.69, 9.17) is 16.2 Å². The van der Waals surface area contributed by atoms with Gasteiger partial charge in [-0.05, 0) is 50.2 Å². The lowest BCUT2D eigenvalue weighted by Gasteiger charge is -2.30. The van der Waals surface area contributed by atoms with E-state index in [9.17, 15) is 29.1 Å². The van der Waals surface area contributed by atoms with Gasteiger partial charge in [0.1, 0.15) is 12.1 Å². The van der Waals surface area contributed by atoms with Crippen LogP contribution in [0.4, 0.5) is 5.69 Å². The van der Waals surface area contributed by atoms with Crippen molar-refractivity contribution in [3.8, 4) is 5.75 Å². The summed E-state index contributed by atoms with van der Waals surface area (Å²) in [6.45, 7) is 13.4. The fourth-order valence-corrected chi connectivity index (χ4v) is 5.12. The van der Waals surface area contributed by atoms with Gasteiger partial charge in [-0.1, -0.05) is 83.5 Å². The molecular weight excluding hydrogens is 614 g/mol. The van der Waals surface area contributed by atoms with E-state index >= 15 is 0 Å². The SMILES string of the molecule is CCCC(O)CC(=O)N[C@H](C(=O)N[C@H](C(=O)Oc1c(Cc2ccccc2)ccc(C)c1N(C(=O)[C@H](C)N)C(=O)[C@H](C)N)C(C)C)C(C)C. The van der Waals surface area contributed by atoms with E-state index in [1.54, 1.807) is 46.8 Å². The fraction of sp³-hybridized carbons (Fsp3) is 0.528. The topological polar surface area (TPSA) is 194 Å². The van der Waals surface area contributed by atoms with Crippen LogP contribution in [0.15, 0.2) is 42.5 Å². The van der Waals surface area contributed by atoms with Gasteiger partial charge < -0.3 is 31.9 Å². The number of ether oxygens (including phenoxy) is 1. The molecule has 1 unspecified atom stereocenters. The Bertz CT molecular complexity index is 1410. The predicted octanol–water partition coefficient (Wildman–Crippen LogP) is 2.88. The van der Waals surface area contributed by atoms with Crippen LogP contribution in [0.25, 0.3) is 0 Å². The van der Waals surface area contributed by atoms with Crippen LogP contribution in [0.1, 0.15) is 84.4 Å². The molecule has 4 amide bonds. The quantitative estimate of drug-likeness (QED) is 0.132. The first-order chi connectivity index (χ1) is 22.5. The second-order valence-corrected chi connectivity index (χ2v) is 13.1. The molecule has 2 rings (SSSR count). The number of nitrogens with two attached hydrogens (primary N) is 2. The minimum absolute atomic E-state index is 0.0353. The minimum Gasteiger partial charge on any atom is -0.422 e. The molecule has 0 bridgehead atoms. The summed E-state index contributed by atoms with van der Waals surface area (Å²) in [6.07, 6.45) is 0.446. The molecule has 5 atom stereocenters. The van der Waals surface area contributed by atoms with Crippen LogP contribution in [-0.4, -0.2) is 65.0 Å². The summed E-state index contributed by atoms with van der Waals surface area (Å²) < 4.78 is 6.09. The molecule has 0 spiro atoms. The Balaban J connectivity index is 2.59. The number of benzene rings is 2. The van der Waals surface area contributed by atoms with Crippen molar-refractivity contribution in [1.29, 1.82) is 0 Å². The highest BCUT2D eigenvalue weighted by atomic mass is 16.5. The van der Waals surface area contributed by atoms with Gasteiger partial charge in [0.2, 0.25) is 11.8 Å². The molecule has 0 saturated heterocycles. The first kappa shape index (κ1) is 40.0. The van der Waals surface area contributed by atoms with E-state index in [0.717, 1.165) is 10.5 Å². The molecule has 48 heavy (non-hydrogen) atoms. The van der Waals surface area contributed by atoms with Crippen LogP contribution >= 0.6 is 0 Å². The van der Waals surface area contributed by atoms with E-state index in [1.165, 1.54) is 13.8 Å². The van der Waals surface area contributed by atoms with Crippen molar-refractivity contribution in [1.82, 2.24) is 10.6 Å². The van der Waals surface area contributed by atoms with Gasteiger partial charge in [-0.25, -0.2) is 9.69 Å². The average Bonchev–Trinajstić information content (AvgIpc) is 3.01. The molecule has 0 aliphatic rings. The minimum atomic E-state index is -1.18. The summed E-state index contributed by atoms with van der Waals surface area (Å²) in [6, 6.07) is 8.50. The summed E-state index contributed by atoms with van der Waals surface area (Å²) in [4.78, 5) is 68.0. The van der Waals surface area contributed by atoms with Gasteiger partial charge in [0, 0.05) is 12.0 Å². The number of amides is 4. The monoisotopic (exact) mass is 667 g/mol. The van der Waals surface area contributed by atoms with E-state index in [0.29, 0.717) is 24.0 Å². The molecule has 0 saturated carbocycles. The zero-order valence-electron chi connectivity index (χ0n) is 29.4. The molecular formula is C36H53N5O7. The van der Waals surface area contributed by atoms with Gasteiger partial charge in [-0.15, -0.1) is 0 Å². The number of nitrogens with zero attached hydrogens (tertiary/aromatic N) is 1. The number of hydrogen-bond acceptors (Lipinski definition) is 9. The Labute approximate surface area is 284 Å². The zero-order chi connectivity index (χ0) is 36.3. The number of imide groups is 1. The maximum atomic E-state index is 14.0. The normalized spacial score (nSPS) is 14.4. The summed E-state index contributed by atoms with van der Waals surface area (Å²) in [5.74, 6) is -4.24. The predicted molar refractivity (Wildman–Crippen MR) is 185 cm³/mol. The maximum Gasteiger partial charge on any atom is 0.334 e. The molecule has 0 aliphatic carbocycles. The summed E-state index contributed by atoms with van der Waals surface area (Å²) in [5, 5.41) is 15.5. The zero-order valence-corrected chi connectivity index (χ0v) is 29.4. The molecule has 0 aromatic heterocycles. The summed E-state index contributed by atoms with van der Waals surface area (Å²) >= 11 is 0. The van der Waals surface area contributed by atoms with E-state index < -0.39 is 65.8 Å². The molecule has 12 nitrogen and oxygen atoms in total. The van der Waals surface area contributed by atoms with E-state index in [2.05, 4.69) is 10.6 Å². The van der Waals surface area contributed by atoms with Gasteiger partial charge >= 0.3 is 5.97 Å². The van der Waals surface area contributed by atoms with E-state index in [-0.39, 0.29) is 30.2 Å². The highest BCUT2D eigenvalue weighted by Crippen LogP contribution is 2.38. The van der Waals surface area contributed by atoms with Gasteiger partial charge in [-0.3, -0.25) is 19.2 Å². The van der Waals surface area contributed by atoms with Crippen molar-refractivity contribution in [2.24, 2.45) is 23.3 Å². The van der Waals surface area contributed by atoms with Crippen LogP contribution in [0.5, 0.6) is 5.75 Å². The third-order valence-electron chi connectivity index (χ3n) is 7.83. The number of nitrogens with one attached hydrogen (secondary N) is 2. The molecule has 0 heterocycles. The maximum absolute atomic E-state index is 14.0. The number of carbonyl (C=O) groups is 5. The van der Waals surface area contributed by atoms with Crippen molar-refractivity contribution >= 4 is 35.3 Å². The first-order valence-corrected chi connectivity index (χ1v) is 16.5. The van der Waals surface area contributed by atoms with Crippen molar-refractivity contribution in [2.75, 3.05) is 4.90 Å². The van der Waals surface area contributed by atoms with Gasteiger partial charge in [0.15, 0.2) is 5.75 Å². The third-order valence-corrected chi connectivity index (χ3v) is 7.83. The number of aliphatic hydroxyl groups is 1. The van der Waals surface area contributed by atoms with Gasteiger partial charge in [0.25, 0.3) is 11.8 Å². The molecule has 0 aliphatic heterocycles. The van der Waals surface area contributed by atoms with Crippen LogP contribution in [-0.2, 0) is 30.4 Å². The third kappa shape index (κ3) is 11.0. The van der Waals surface area contributed by atoms with Crippen molar-refractivity contribution < 1.29 is 33.8 Å². The van der Waals surface area contributed by atoms with Gasteiger partial charge in [-0.2, -0.15) is 0 Å². The van der Waals surface area contributed by atoms with Crippen LogP contribution in [0.3, 0.4) is 0 Å². The van der Waals surface area contributed by atoms with Crippen molar-refractivity contribution in [3.63, 3.8) is 0 Å². The number of aryl methyl sites for hydroxylation is 1. The number of anilines is 1. The molecule has 264 valence electrons. The van der Waals surface area contributed by atoms with E-state index in [1.807, 2.05) is 37.3 Å². The number of esters is 1. The summed E-state index contributed by atoms with van der Waals surface area (Å²) in [5.41, 5.74) is 13.8.